The summed E-state index contributed by atoms with van der Waals surface area (Å²) in [5, 5.41) is 10.00. The van der Waals surface area contributed by atoms with E-state index in [0.717, 1.165) is 36.3 Å². The molecular weight excluding hydrogens is 390 g/mol. The van der Waals surface area contributed by atoms with Crippen molar-refractivity contribution in [1.82, 2.24) is 14.8 Å². The van der Waals surface area contributed by atoms with E-state index >= 15 is 0 Å². The molecule has 26 heavy (non-hydrogen) atoms. The Kier molecular flexibility index (Phi) is 5.69. The first-order valence-corrected chi connectivity index (χ1v) is 10.3. The maximum Gasteiger partial charge on any atom is 0.0593 e. The molecule has 2 fully saturated rings. The highest BCUT2D eigenvalue weighted by Crippen LogP contribution is 2.42. The minimum Gasteiger partial charge on any atom is -0.395 e. The lowest BCUT2D eigenvalue weighted by Crippen LogP contribution is -2.67. The van der Waals surface area contributed by atoms with Gasteiger partial charge in [0.2, 0.25) is 0 Å². The summed E-state index contributed by atoms with van der Waals surface area (Å²) in [6.07, 6.45) is 4.28. The third-order valence-corrected chi connectivity index (χ3v) is 6.35. The van der Waals surface area contributed by atoms with E-state index < -0.39 is 0 Å². The van der Waals surface area contributed by atoms with Crippen LogP contribution in [0.25, 0.3) is 0 Å². The fourth-order valence-electron chi connectivity index (χ4n) is 4.56. The Morgan fingerprint density at radius 2 is 1.88 bits per heavy atom. The average molecular weight is 416 g/mol. The molecule has 0 amide bonds. The highest BCUT2D eigenvalue weighted by atomic mass is 79.9. The van der Waals surface area contributed by atoms with Gasteiger partial charge in [0, 0.05) is 41.8 Å². The molecule has 4 nitrogen and oxygen atoms in total. The van der Waals surface area contributed by atoms with Gasteiger partial charge in [-0.05, 0) is 55.8 Å². The van der Waals surface area contributed by atoms with Crippen LogP contribution in [0.4, 0.5) is 0 Å². The summed E-state index contributed by atoms with van der Waals surface area (Å²) in [6.45, 7) is 4.39. The van der Waals surface area contributed by atoms with E-state index in [4.69, 9.17) is 0 Å². The first kappa shape index (κ1) is 18.1. The minimum atomic E-state index is 0.234. The van der Waals surface area contributed by atoms with Crippen molar-refractivity contribution in [1.29, 1.82) is 0 Å². The van der Waals surface area contributed by atoms with Gasteiger partial charge < -0.3 is 5.11 Å². The fourth-order valence-corrected chi connectivity index (χ4v) is 4.83. The van der Waals surface area contributed by atoms with E-state index in [9.17, 15) is 5.11 Å². The van der Waals surface area contributed by atoms with Gasteiger partial charge in [0.15, 0.2) is 0 Å². The molecule has 0 radical (unpaired) electrons. The van der Waals surface area contributed by atoms with Gasteiger partial charge in [-0.3, -0.25) is 14.8 Å². The minimum absolute atomic E-state index is 0.234. The molecule has 0 aliphatic carbocycles. The molecule has 2 saturated heterocycles. The molecule has 1 N–H and O–H groups in total. The van der Waals surface area contributed by atoms with E-state index in [-0.39, 0.29) is 12.6 Å². The summed E-state index contributed by atoms with van der Waals surface area (Å²) in [7, 11) is 0. The smallest absolute Gasteiger partial charge is 0.0593 e. The van der Waals surface area contributed by atoms with Crippen molar-refractivity contribution in [3.8, 4) is 0 Å². The number of hydrogen-bond donors (Lipinski definition) is 1. The number of aromatic nitrogens is 1. The van der Waals surface area contributed by atoms with Crippen LogP contribution in [0, 0.1) is 0 Å². The van der Waals surface area contributed by atoms with Crippen LogP contribution in [0.1, 0.15) is 30.0 Å². The van der Waals surface area contributed by atoms with Gasteiger partial charge in [0.05, 0.1) is 12.3 Å². The van der Waals surface area contributed by atoms with Gasteiger partial charge in [-0.15, -0.1) is 0 Å². The second kappa shape index (κ2) is 8.17. The van der Waals surface area contributed by atoms with Crippen LogP contribution in [0.15, 0.2) is 53.1 Å². The van der Waals surface area contributed by atoms with Gasteiger partial charge in [-0.1, -0.05) is 34.1 Å². The number of hydrogen-bond acceptors (Lipinski definition) is 4. The van der Waals surface area contributed by atoms with Gasteiger partial charge >= 0.3 is 0 Å². The summed E-state index contributed by atoms with van der Waals surface area (Å²) < 4.78 is 1.10. The van der Waals surface area contributed by atoms with Crippen molar-refractivity contribution < 1.29 is 5.11 Å². The lowest BCUT2D eigenvalue weighted by molar-refractivity contribution is -0.0656. The summed E-state index contributed by atoms with van der Waals surface area (Å²) in [6, 6.07) is 15.5. The van der Waals surface area contributed by atoms with Gasteiger partial charge in [-0.2, -0.15) is 0 Å². The van der Waals surface area contributed by atoms with Crippen molar-refractivity contribution in [2.75, 3.05) is 26.2 Å². The molecule has 5 heteroatoms. The first-order valence-electron chi connectivity index (χ1n) is 9.50. The number of aliphatic hydroxyl groups is 1. The lowest BCUT2D eigenvalue weighted by atomic mass is 9.74. The summed E-state index contributed by atoms with van der Waals surface area (Å²) >= 11 is 3.53. The van der Waals surface area contributed by atoms with Gasteiger partial charge in [0.25, 0.3) is 0 Å². The maximum atomic E-state index is 10.00. The predicted molar refractivity (Wildman–Crippen MR) is 107 cm³/mol. The Hall–Kier alpha value is -1.27. The zero-order chi connectivity index (χ0) is 17.9. The highest BCUT2D eigenvalue weighted by Gasteiger charge is 2.48. The topological polar surface area (TPSA) is 39.6 Å². The van der Waals surface area contributed by atoms with E-state index in [1.165, 1.54) is 18.4 Å². The highest BCUT2D eigenvalue weighted by molar-refractivity contribution is 9.10. The number of aliphatic hydroxyl groups excluding tert-OH is 1. The number of benzene rings is 1. The van der Waals surface area contributed by atoms with Crippen LogP contribution in [0.5, 0.6) is 0 Å². The molecule has 0 bridgehead atoms. The largest absolute Gasteiger partial charge is 0.395 e. The second-order valence-electron chi connectivity index (χ2n) is 7.40. The van der Waals surface area contributed by atoms with Gasteiger partial charge in [0.1, 0.15) is 0 Å². The van der Waals surface area contributed by atoms with Crippen LogP contribution < -0.4 is 0 Å². The van der Waals surface area contributed by atoms with Crippen molar-refractivity contribution >= 4 is 15.9 Å². The van der Waals surface area contributed by atoms with Crippen molar-refractivity contribution in [2.24, 2.45) is 0 Å². The number of halogens is 1. The molecule has 0 spiro atoms. The summed E-state index contributed by atoms with van der Waals surface area (Å²) in [5.41, 5.74) is 2.48. The van der Waals surface area contributed by atoms with Crippen LogP contribution in [-0.2, 0) is 6.54 Å². The zero-order valence-electron chi connectivity index (χ0n) is 15.0. The molecule has 1 aromatic carbocycles. The molecular formula is C21H26BrN3O. The first-order chi connectivity index (χ1) is 12.8. The molecule has 3 heterocycles. The molecule has 138 valence electrons. The number of fused-ring (bicyclic) bond motifs is 1. The predicted octanol–water partition coefficient (Wildman–Crippen LogP) is 3.27. The van der Waals surface area contributed by atoms with E-state index in [1.54, 1.807) is 0 Å². The Morgan fingerprint density at radius 3 is 2.62 bits per heavy atom. The molecule has 0 unspecified atom stereocenters. The monoisotopic (exact) mass is 415 g/mol. The standard InChI is InChI=1S/C21H26BrN3O/c22-17-8-6-16(7-9-17)21-19-14-24(13-18-5-1-2-10-23-18)11-3-4-12-25(19)20(21)15-26/h1-2,5-10,19-21,26H,3-4,11-15H2/t19-,20+,21+/m1/s1. The molecule has 2 aliphatic heterocycles. The van der Waals surface area contributed by atoms with Crippen LogP contribution >= 0.6 is 15.9 Å². The average Bonchev–Trinajstić information content (AvgIpc) is 2.65. The molecule has 1 aromatic heterocycles. The van der Waals surface area contributed by atoms with Crippen molar-refractivity contribution in [3.63, 3.8) is 0 Å². The molecule has 4 rings (SSSR count). The lowest BCUT2D eigenvalue weighted by Gasteiger charge is -2.57. The number of nitrogens with zero attached hydrogens (tertiary/aromatic N) is 3. The molecule has 2 aromatic rings. The zero-order valence-corrected chi connectivity index (χ0v) is 16.6. The summed E-state index contributed by atoms with van der Waals surface area (Å²) in [4.78, 5) is 9.57. The molecule has 2 aliphatic rings. The second-order valence-corrected chi connectivity index (χ2v) is 8.31. The van der Waals surface area contributed by atoms with Crippen LogP contribution in [-0.4, -0.2) is 58.2 Å². The van der Waals surface area contributed by atoms with Crippen LogP contribution in [0.2, 0.25) is 0 Å². The van der Waals surface area contributed by atoms with Crippen molar-refractivity contribution in [2.45, 2.75) is 37.4 Å². The molecule has 0 saturated carbocycles. The third kappa shape index (κ3) is 3.72. The Bertz CT molecular complexity index is 709. The number of pyridine rings is 1. The van der Waals surface area contributed by atoms with E-state index in [0.29, 0.717) is 12.0 Å². The maximum absolute atomic E-state index is 10.00. The fraction of sp³-hybridized carbons (Fsp3) is 0.476. The Morgan fingerprint density at radius 1 is 1.08 bits per heavy atom. The molecule has 3 atom stereocenters. The Balaban J connectivity index is 1.54. The quantitative estimate of drug-likeness (QED) is 0.831. The van der Waals surface area contributed by atoms with E-state index in [1.807, 2.05) is 12.3 Å². The van der Waals surface area contributed by atoms with E-state index in [2.05, 4.69) is 67.1 Å². The van der Waals surface area contributed by atoms with Gasteiger partial charge in [-0.25, -0.2) is 0 Å². The summed E-state index contributed by atoms with van der Waals surface area (Å²) in [5.74, 6) is 0.400. The van der Waals surface area contributed by atoms with Crippen LogP contribution in [0.3, 0.4) is 0 Å². The Labute approximate surface area is 164 Å². The number of rotatable bonds is 4. The SMILES string of the molecule is OC[C@H]1[C@@H](c2ccc(Br)cc2)[C@H]2CN(Cc3ccccn3)CCCCN21. The normalized spacial score (nSPS) is 27.2. The third-order valence-electron chi connectivity index (χ3n) is 5.82. The van der Waals surface area contributed by atoms with Crippen molar-refractivity contribution in [3.05, 3.63) is 64.4 Å².